The number of rotatable bonds is 7. The summed E-state index contributed by atoms with van der Waals surface area (Å²) in [7, 11) is 0. The first kappa shape index (κ1) is 20.9. The quantitative estimate of drug-likeness (QED) is 0.682. The van der Waals surface area contributed by atoms with E-state index in [0.29, 0.717) is 12.3 Å². The minimum atomic E-state index is -0.499. The molecule has 0 aromatic heterocycles. The molecule has 0 bridgehead atoms. The fourth-order valence-corrected chi connectivity index (χ4v) is 3.53. The number of hydrogen-bond acceptors (Lipinski definition) is 4. The highest BCUT2D eigenvalue weighted by Crippen LogP contribution is 2.37. The summed E-state index contributed by atoms with van der Waals surface area (Å²) < 4.78 is 4.98. The molecule has 1 aliphatic heterocycles. The van der Waals surface area contributed by atoms with Gasteiger partial charge in [-0.15, -0.1) is 0 Å². The van der Waals surface area contributed by atoms with Gasteiger partial charge in [0.25, 0.3) is 0 Å². The van der Waals surface area contributed by atoms with Crippen LogP contribution in [0.25, 0.3) is 0 Å². The summed E-state index contributed by atoms with van der Waals surface area (Å²) >= 11 is 0. The molecule has 154 valence electrons. The van der Waals surface area contributed by atoms with E-state index in [-0.39, 0.29) is 12.5 Å². The molecule has 1 aliphatic rings. The van der Waals surface area contributed by atoms with E-state index < -0.39 is 6.09 Å². The van der Waals surface area contributed by atoms with E-state index in [2.05, 4.69) is 23.6 Å². The van der Waals surface area contributed by atoms with Crippen molar-refractivity contribution in [3.05, 3.63) is 53.6 Å². The maximum Gasteiger partial charge on any atom is 0.411 e. The monoisotopic (exact) mass is 395 g/mol. The summed E-state index contributed by atoms with van der Waals surface area (Å²) in [6.07, 6.45) is 3.31. The molecule has 2 aromatic rings. The van der Waals surface area contributed by atoms with Crippen LogP contribution in [-0.2, 0) is 22.4 Å². The van der Waals surface area contributed by atoms with Gasteiger partial charge in [-0.05, 0) is 62.1 Å². The molecule has 0 spiro atoms. The minimum absolute atomic E-state index is 0.00927. The summed E-state index contributed by atoms with van der Waals surface area (Å²) in [6.45, 7) is 5.28. The second-order valence-corrected chi connectivity index (χ2v) is 7.08. The second-order valence-electron chi connectivity index (χ2n) is 7.08. The standard InChI is InChI=1S/C23H29N3O3/c1-3-5-14-24-16-22(27)26-20-9-7-6-8-17(20)10-11-18-12-13-19(15-21(18)26)25-23(28)29-4-2/h6-9,12-13,15,24H,3-5,10-11,14,16H2,1-2H3,(H,25,28). The molecular weight excluding hydrogens is 366 g/mol. The number of para-hydroxylation sites is 1. The third kappa shape index (κ3) is 5.15. The van der Waals surface area contributed by atoms with E-state index >= 15 is 0 Å². The van der Waals surface area contributed by atoms with Crippen LogP contribution in [0.4, 0.5) is 21.9 Å². The van der Waals surface area contributed by atoms with Crippen molar-refractivity contribution >= 4 is 29.1 Å². The van der Waals surface area contributed by atoms with E-state index in [1.54, 1.807) is 11.8 Å². The van der Waals surface area contributed by atoms with E-state index in [1.165, 1.54) is 0 Å². The molecular formula is C23H29N3O3. The predicted molar refractivity (Wildman–Crippen MR) is 116 cm³/mol. The number of carbonyl (C=O) groups is 2. The first-order chi connectivity index (χ1) is 14.1. The van der Waals surface area contributed by atoms with Gasteiger partial charge in [-0.2, -0.15) is 0 Å². The highest BCUT2D eigenvalue weighted by Gasteiger charge is 2.26. The number of hydrogen-bond donors (Lipinski definition) is 2. The lowest BCUT2D eigenvalue weighted by atomic mass is 10.0. The molecule has 0 atom stereocenters. The lowest BCUT2D eigenvalue weighted by Crippen LogP contribution is -2.36. The molecule has 0 fully saturated rings. The van der Waals surface area contributed by atoms with Gasteiger partial charge in [0.05, 0.1) is 24.5 Å². The van der Waals surface area contributed by atoms with Crippen molar-refractivity contribution < 1.29 is 14.3 Å². The van der Waals surface area contributed by atoms with Gasteiger partial charge in [0.1, 0.15) is 0 Å². The van der Waals surface area contributed by atoms with Crippen LogP contribution < -0.4 is 15.5 Å². The SMILES string of the molecule is CCCCNCC(=O)N1c2ccccc2CCc2ccc(NC(=O)OCC)cc21. The number of amides is 2. The number of ether oxygens (including phenoxy) is 1. The van der Waals surface area contributed by atoms with Crippen molar-refractivity contribution in [1.29, 1.82) is 0 Å². The molecule has 3 rings (SSSR count). The minimum Gasteiger partial charge on any atom is -0.450 e. The van der Waals surface area contributed by atoms with Crippen LogP contribution in [0.2, 0.25) is 0 Å². The normalized spacial score (nSPS) is 12.6. The number of nitrogens with one attached hydrogen (secondary N) is 2. The second kappa shape index (κ2) is 10.1. The number of nitrogens with zero attached hydrogens (tertiary/aromatic N) is 1. The molecule has 1 heterocycles. The number of anilines is 3. The zero-order chi connectivity index (χ0) is 20.6. The number of benzene rings is 2. The highest BCUT2D eigenvalue weighted by atomic mass is 16.5. The van der Waals surface area contributed by atoms with E-state index in [1.807, 2.05) is 36.4 Å². The van der Waals surface area contributed by atoms with Gasteiger partial charge in [0, 0.05) is 5.69 Å². The first-order valence-electron chi connectivity index (χ1n) is 10.3. The largest absolute Gasteiger partial charge is 0.450 e. The Morgan fingerprint density at radius 2 is 1.79 bits per heavy atom. The Kier molecular flexibility index (Phi) is 7.25. The zero-order valence-corrected chi connectivity index (χ0v) is 17.2. The van der Waals surface area contributed by atoms with Crippen molar-refractivity contribution in [3.8, 4) is 0 Å². The Morgan fingerprint density at radius 1 is 1.03 bits per heavy atom. The number of fused-ring (bicyclic) bond motifs is 2. The molecule has 0 saturated carbocycles. The Bertz CT molecular complexity index is 866. The lowest BCUT2D eigenvalue weighted by molar-refractivity contribution is -0.117. The highest BCUT2D eigenvalue weighted by molar-refractivity contribution is 6.04. The summed E-state index contributed by atoms with van der Waals surface area (Å²) in [5.74, 6) is -0.00927. The van der Waals surface area contributed by atoms with Gasteiger partial charge >= 0.3 is 6.09 Å². The number of aryl methyl sites for hydroxylation is 2. The van der Waals surface area contributed by atoms with Crippen LogP contribution in [0, 0.1) is 0 Å². The van der Waals surface area contributed by atoms with Gasteiger partial charge in [-0.25, -0.2) is 4.79 Å². The molecule has 0 radical (unpaired) electrons. The molecule has 2 N–H and O–H groups in total. The maximum atomic E-state index is 13.2. The third-order valence-corrected chi connectivity index (χ3v) is 4.98. The fraction of sp³-hybridized carbons (Fsp3) is 0.391. The smallest absolute Gasteiger partial charge is 0.411 e. The number of carbonyl (C=O) groups excluding carboxylic acids is 2. The average Bonchev–Trinajstić information content (AvgIpc) is 2.88. The topological polar surface area (TPSA) is 70.7 Å². The van der Waals surface area contributed by atoms with Crippen LogP contribution in [0.3, 0.4) is 0 Å². The summed E-state index contributed by atoms with van der Waals surface area (Å²) in [5.41, 5.74) is 4.55. The molecule has 2 aromatic carbocycles. The molecule has 6 nitrogen and oxygen atoms in total. The molecule has 29 heavy (non-hydrogen) atoms. The van der Waals surface area contributed by atoms with Gasteiger partial charge in [-0.1, -0.05) is 37.6 Å². The van der Waals surface area contributed by atoms with E-state index in [9.17, 15) is 9.59 Å². The molecule has 0 saturated heterocycles. The van der Waals surface area contributed by atoms with Crippen molar-refractivity contribution in [2.45, 2.75) is 39.5 Å². The van der Waals surface area contributed by atoms with E-state index in [0.717, 1.165) is 54.7 Å². The Hall–Kier alpha value is -2.86. The molecule has 0 unspecified atom stereocenters. The fourth-order valence-electron chi connectivity index (χ4n) is 3.53. The number of unbranched alkanes of at least 4 members (excludes halogenated alkanes) is 1. The van der Waals surface area contributed by atoms with Crippen LogP contribution in [0.1, 0.15) is 37.8 Å². The summed E-state index contributed by atoms with van der Waals surface area (Å²) in [5, 5.41) is 5.99. The first-order valence-corrected chi connectivity index (χ1v) is 10.3. The Morgan fingerprint density at radius 3 is 2.55 bits per heavy atom. The van der Waals surface area contributed by atoms with Crippen molar-refractivity contribution in [2.75, 3.05) is 29.9 Å². The zero-order valence-electron chi connectivity index (χ0n) is 17.2. The lowest BCUT2D eigenvalue weighted by Gasteiger charge is -2.26. The third-order valence-electron chi connectivity index (χ3n) is 4.98. The van der Waals surface area contributed by atoms with Gasteiger partial charge in [-0.3, -0.25) is 15.0 Å². The van der Waals surface area contributed by atoms with Crippen LogP contribution >= 0.6 is 0 Å². The van der Waals surface area contributed by atoms with Crippen molar-refractivity contribution in [2.24, 2.45) is 0 Å². The van der Waals surface area contributed by atoms with Gasteiger partial charge < -0.3 is 10.1 Å². The van der Waals surface area contributed by atoms with Crippen LogP contribution in [0.5, 0.6) is 0 Å². The average molecular weight is 396 g/mol. The van der Waals surface area contributed by atoms with Gasteiger partial charge in [0.2, 0.25) is 5.91 Å². The summed E-state index contributed by atoms with van der Waals surface area (Å²) in [4.78, 5) is 26.9. The van der Waals surface area contributed by atoms with Crippen LogP contribution in [0.15, 0.2) is 42.5 Å². The molecule has 0 aliphatic carbocycles. The Balaban J connectivity index is 1.94. The predicted octanol–water partition coefficient (Wildman–Crippen LogP) is 4.41. The van der Waals surface area contributed by atoms with Crippen LogP contribution in [-0.4, -0.2) is 31.7 Å². The van der Waals surface area contributed by atoms with Gasteiger partial charge in [0.15, 0.2) is 0 Å². The maximum absolute atomic E-state index is 13.2. The molecule has 2 amide bonds. The van der Waals surface area contributed by atoms with Crippen molar-refractivity contribution in [3.63, 3.8) is 0 Å². The van der Waals surface area contributed by atoms with E-state index in [4.69, 9.17) is 4.74 Å². The summed E-state index contributed by atoms with van der Waals surface area (Å²) in [6, 6.07) is 13.7. The molecule has 6 heteroatoms. The van der Waals surface area contributed by atoms with Crippen molar-refractivity contribution in [1.82, 2.24) is 5.32 Å². The Labute approximate surface area is 172 Å².